The molecule has 13 nitrogen and oxygen atoms in total. The summed E-state index contributed by atoms with van der Waals surface area (Å²) >= 11 is 0. The topological polar surface area (TPSA) is 152 Å². The first-order valence-electron chi connectivity index (χ1n) is 14.3. The van der Waals surface area contributed by atoms with Crippen LogP contribution in [0.15, 0.2) is 89.7 Å². The van der Waals surface area contributed by atoms with Crippen molar-refractivity contribution in [1.29, 1.82) is 0 Å². The number of nitrogens with one attached hydrogen (secondary N) is 2. The molecule has 13 heteroatoms. The van der Waals surface area contributed by atoms with E-state index in [0.717, 1.165) is 0 Å². The lowest BCUT2D eigenvalue weighted by Crippen LogP contribution is -2.32. The number of amides is 2. The molecule has 0 aromatic heterocycles. The maximum Gasteiger partial charge on any atom is 0.343 e. The van der Waals surface area contributed by atoms with Gasteiger partial charge in [-0.15, -0.1) is 0 Å². The molecule has 0 aliphatic carbocycles. The minimum atomic E-state index is -0.694. The Bertz CT molecular complexity index is 1860. The van der Waals surface area contributed by atoms with Crippen LogP contribution in [0.25, 0.3) is 6.08 Å². The fourth-order valence-corrected chi connectivity index (χ4v) is 4.54. The molecule has 246 valence electrons. The van der Waals surface area contributed by atoms with Gasteiger partial charge in [-0.2, -0.15) is 5.10 Å². The van der Waals surface area contributed by atoms with E-state index < -0.39 is 17.8 Å². The highest BCUT2D eigenvalue weighted by atomic mass is 16.7. The normalized spacial score (nSPS) is 11.9. The molecular formula is C35H31N3O10. The number of nitrogens with zero attached hydrogens (tertiary/aromatic N) is 1. The summed E-state index contributed by atoms with van der Waals surface area (Å²) in [4.78, 5) is 39.2. The molecule has 4 aromatic carbocycles. The number of hydrazone groups is 1. The van der Waals surface area contributed by atoms with Gasteiger partial charge < -0.3 is 38.5 Å². The van der Waals surface area contributed by atoms with Crippen molar-refractivity contribution < 1.29 is 47.5 Å². The standard InChI is InChI=1S/C35H31N3O10/c1-42-28-16-22(11-13-27(28)48-35(41)24-17-30(43-2)32(45-4)31(18-24)44-3)19-36-38-34(40)25(37-33(39)23-8-6-5-7-9-23)14-21-10-12-26-29(15-21)47-20-46-26/h5-19H,20H2,1-4H3,(H,37,39)(H,38,40). The van der Waals surface area contributed by atoms with E-state index in [1.165, 1.54) is 58.9 Å². The van der Waals surface area contributed by atoms with Crippen molar-refractivity contribution in [3.8, 4) is 40.2 Å². The summed E-state index contributed by atoms with van der Waals surface area (Å²) in [7, 11) is 5.75. The molecule has 0 unspecified atom stereocenters. The van der Waals surface area contributed by atoms with Crippen LogP contribution in [0.3, 0.4) is 0 Å². The van der Waals surface area contributed by atoms with Gasteiger partial charge in [0, 0.05) is 5.56 Å². The molecule has 0 atom stereocenters. The largest absolute Gasteiger partial charge is 0.493 e. The Labute approximate surface area is 275 Å². The predicted molar refractivity (Wildman–Crippen MR) is 174 cm³/mol. The predicted octanol–water partition coefficient (Wildman–Crippen LogP) is 4.59. The molecule has 0 spiro atoms. The molecule has 0 fully saturated rings. The molecule has 2 N–H and O–H groups in total. The first kappa shape index (κ1) is 32.9. The van der Waals surface area contributed by atoms with Crippen LogP contribution in [0.5, 0.6) is 40.2 Å². The minimum absolute atomic E-state index is 0.0634. The van der Waals surface area contributed by atoms with Crippen LogP contribution in [0.4, 0.5) is 0 Å². The second-order valence-corrected chi connectivity index (χ2v) is 9.90. The molecule has 1 aliphatic rings. The lowest BCUT2D eigenvalue weighted by Gasteiger charge is -2.14. The number of ether oxygens (including phenoxy) is 7. The van der Waals surface area contributed by atoms with Gasteiger partial charge in [0.05, 0.1) is 40.2 Å². The van der Waals surface area contributed by atoms with Gasteiger partial charge in [-0.25, -0.2) is 10.2 Å². The van der Waals surface area contributed by atoms with Crippen LogP contribution < -0.4 is 43.9 Å². The van der Waals surface area contributed by atoms with Crippen LogP contribution in [0.2, 0.25) is 0 Å². The average molecular weight is 654 g/mol. The molecule has 2 amide bonds. The van der Waals surface area contributed by atoms with Gasteiger partial charge >= 0.3 is 5.97 Å². The highest BCUT2D eigenvalue weighted by Gasteiger charge is 2.20. The number of hydrogen-bond donors (Lipinski definition) is 2. The van der Waals surface area contributed by atoms with E-state index in [9.17, 15) is 14.4 Å². The number of rotatable bonds is 12. The number of hydrogen-bond acceptors (Lipinski definition) is 11. The van der Waals surface area contributed by atoms with Crippen molar-refractivity contribution in [3.05, 3.63) is 107 Å². The summed E-state index contributed by atoms with van der Waals surface area (Å²) in [5, 5.41) is 6.69. The fraction of sp³-hybridized carbons (Fsp3) is 0.143. The molecule has 48 heavy (non-hydrogen) atoms. The third-order valence-electron chi connectivity index (χ3n) is 6.91. The van der Waals surface area contributed by atoms with Crippen LogP contribution >= 0.6 is 0 Å². The molecule has 4 aromatic rings. The number of fused-ring (bicyclic) bond motifs is 1. The highest BCUT2D eigenvalue weighted by molar-refractivity contribution is 6.05. The first-order chi connectivity index (χ1) is 23.3. The Morgan fingerprint density at radius 2 is 1.40 bits per heavy atom. The maximum absolute atomic E-state index is 13.2. The van der Waals surface area contributed by atoms with E-state index >= 15 is 0 Å². The fourth-order valence-electron chi connectivity index (χ4n) is 4.54. The van der Waals surface area contributed by atoms with E-state index in [-0.39, 0.29) is 41.1 Å². The van der Waals surface area contributed by atoms with E-state index in [1.54, 1.807) is 60.7 Å². The van der Waals surface area contributed by atoms with Crippen LogP contribution in [0, 0.1) is 0 Å². The second kappa shape index (κ2) is 15.2. The molecule has 1 aliphatic heterocycles. The lowest BCUT2D eigenvalue weighted by atomic mass is 10.1. The Hall–Kier alpha value is -6.50. The molecule has 0 radical (unpaired) electrons. The quantitative estimate of drug-likeness (QED) is 0.0730. The summed E-state index contributed by atoms with van der Waals surface area (Å²) in [5.74, 6) is 0.505. The number of esters is 1. The summed E-state index contributed by atoms with van der Waals surface area (Å²) in [6, 6.07) is 21.2. The summed E-state index contributed by atoms with van der Waals surface area (Å²) in [6.45, 7) is 0.0939. The molecule has 5 rings (SSSR count). The first-order valence-corrected chi connectivity index (χ1v) is 14.3. The van der Waals surface area contributed by atoms with E-state index in [0.29, 0.717) is 33.9 Å². The van der Waals surface area contributed by atoms with E-state index in [4.69, 9.17) is 33.2 Å². The van der Waals surface area contributed by atoms with E-state index in [2.05, 4.69) is 15.8 Å². The summed E-state index contributed by atoms with van der Waals surface area (Å²) in [5.41, 5.74) is 3.98. The zero-order valence-corrected chi connectivity index (χ0v) is 26.4. The van der Waals surface area contributed by atoms with Gasteiger partial charge in [0.1, 0.15) is 5.70 Å². The van der Waals surface area contributed by atoms with Crippen LogP contribution in [-0.2, 0) is 4.79 Å². The third-order valence-corrected chi connectivity index (χ3v) is 6.91. The average Bonchev–Trinajstić information content (AvgIpc) is 3.59. The minimum Gasteiger partial charge on any atom is -0.493 e. The zero-order chi connectivity index (χ0) is 34.0. The van der Waals surface area contributed by atoms with Crippen LogP contribution in [0.1, 0.15) is 31.8 Å². The van der Waals surface area contributed by atoms with Gasteiger partial charge in [-0.05, 0) is 71.8 Å². The molecule has 0 saturated heterocycles. The molecular weight excluding hydrogens is 622 g/mol. The second-order valence-electron chi connectivity index (χ2n) is 9.90. The summed E-state index contributed by atoms with van der Waals surface area (Å²) in [6.07, 6.45) is 2.86. The van der Waals surface area contributed by atoms with Gasteiger partial charge in [-0.1, -0.05) is 24.3 Å². The Morgan fingerprint density at radius 1 is 0.708 bits per heavy atom. The summed E-state index contributed by atoms with van der Waals surface area (Å²) < 4.78 is 37.7. The van der Waals surface area contributed by atoms with Gasteiger partial charge in [0.15, 0.2) is 34.5 Å². The Morgan fingerprint density at radius 3 is 2.08 bits per heavy atom. The van der Waals surface area contributed by atoms with Crippen molar-refractivity contribution >= 4 is 30.1 Å². The van der Waals surface area contributed by atoms with Crippen molar-refractivity contribution in [2.24, 2.45) is 5.10 Å². The smallest absolute Gasteiger partial charge is 0.343 e. The van der Waals surface area contributed by atoms with Crippen molar-refractivity contribution in [1.82, 2.24) is 10.7 Å². The van der Waals surface area contributed by atoms with Crippen molar-refractivity contribution in [2.75, 3.05) is 35.2 Å². The lowest BCUT2D eigenvalue weighted by molar-refractivity contribution is -0.117. The molecule has 0 bridgehead atoms. The van der Waals surface area contributed by atoms with Crippen molar-refractivity contribution in [2.45, 2.75) is 0 Å². The molecule has 0 saturated carbocycles. The third kappa shape index (κ3) is 7.65. The number of carbonyl (C=O) groups excluding carboxylic acids is 3. The Kier molecular flexibility index (Phi) is 10.4. The SMILES string of the molecule is COc1cc(C=NNC(=O)C(=Cc2ccc3c(c2)OCO3)NC(=O)c2ccccc2)ccc1OC(=O)c1cc(OC)c(OC)c(OC)c1. The number of carbonyl (C=O) groups is 3. The zero-order valence-electron chi connectivity index (χ0n) is 26.4. The molecule has 1 heterocycles. The Balaban J connectivity index is 1.31. The van der Waals surface area contributed by atoms with Crippen LogP contribution in [-0.4, -0.2) is 59.2 Å². The van der Waals surface area contributed by atoms with Gasteiger partial charge in [-0.3, -0.25) is 9.59 Å². The maximum atomic E-state index is 13.2. The number of methoxy groups -OCH3 is 4. The van der Waals surface area contributed by atoms with Gasteiger partial charge in [0.25, 0.3) is 11.8 Å². The monoisotopic (exact) mass is 653 g/mol. The highest BCUT2D eigenvalue weighted by Crippen LogP contribution is 2.39. The number of benzene rings is 4. The van der Waals surface area contributed by atoms with E-state index in [1.807, 2.05) is 0 Å². The van der Waals surface area contributed by atoms with Crippen molar-refractivity contribution in [3.63, 3.8) is 0 Å². The van der Waals surface area contributed by atoms with Gasteiger partial charge in [0.2, 0.25) is 12.5 Å².